The van der Waals surface area contributed by atoms with Gasteiger partial charge in [-0.3, -0.25) is 14.5 Å². The van der Waals surface area contributed by atoms with Gasteiger partial charge in [0, 0.05) is 43.5 Å². The molecule has 2 saturated heterocycles. The van der Waals surface area contributed by atoms with Gasteiger partial charge >= 0.3 is 24.3 Å². The second-order valence-corrected chi connectivity index (χ2v) is 9.77. The highest BCUT2D eigenvalue weighted by Crippen LogP contribution is 2.41. The number of rotatable bonds is 4. The van der Waals surface area contributed by atoms with E-state index in [0.29, 0.717) is 5.41 Å². The Kier molecular flexibility index (Phi) is 10.5. The molecule has 0 saturated carbocycles. The smallest absolute Gasteiger partial charge is 0.475 e. The molecule has 2 fully saturated rings. The third-order valence-corrected chi connectivity index (χ3v) is 6.69. The van der Waals surface area contributed by atoms with Crippen LogP contribution in [0.15, 0.2) is 24.0 Å². The van der Waals surface area contributed by atoms with Crippen molar-refractivity contribution in [2.45, 2.75) is 44.7 Å². The normalized spacial score (nSPS) is 18.0. The van der Waals surface area contributed by atoms with Crippen LogP contribution >= 0.6 is 11.3 Å². The van der Waals surface area contributed by atoms with Crippen molar-refractivity contribution in [2.75, 3.05) is 26.2 Å². The van der Waals surface area contributed by atoms with Gasteiger partial charge in [-0.25, -0.2) is 14.6 Å². The van der Waals surface area contributed by atoms with Crippen LogP contribution in [0, 0.1) is 5.41 Å². The van der Waals surface area contributed by atoms with E-state index in [9.17, 15) is 26.3 Å². The largest absolute Gasteiger partial charge is 0.490 e. The summed E-state index contributed by atoms with van der Waals surface area (Å²) >= 11 is 1.78. The van der Waals surface area contributed by atoms with Gasteiger partial charge in [-0.15, -0.1) is 11.3 Å². The summed E-state index contributed by atoms with van der Waals surface area (Å²) in [6, 6.07) is 0. The lowest BCUT2D eigenvalue weighted by Crippen LogP contribution is -2.41. The predicted octanol–water partition coefficient (Wildman–Crippen LogP) is 3.63. The minimum atomic E-state index is -5.08. The molecule has 0 bridgehead atoms. The second-order valence-electron chi connectivity index (χ2n) is 8.79. The first-order valence-electron chi connectivity index (χ1n) is 11.0. The third-order valence-electron chi connectivity index (χ3n) is 5.93. The number of carboxylic acids is 2. The van der Waals surface area contributed by atoms with Gasteiger partial charge in [0.15, 0.2) is 0 Å². The summed E-state index contributed by atoms with van der Waals surface area (Å²) in [5.41, 5.74) is 1.90. The van der Waals surface area contributed by atoms with E-state index >= 15 is 0 Å². The molecule has 0 aromatic carbocycles. The average molecular weight is 560 g/mol. The molecule has 37 heavy (non-hydrogen) atoms. The van der Waals surface area contributed by atoms with Crippen molar-refractivity contribution in [3.8, 4) is 0 Å². The number of carboxylic acid groups (broad SMARTS) is 2. The molecule has 208 valence electrons. The number of nitrogens with zero attached hydrogens (tertiary/aromatic N) is 5. The maximum Gasteiger partial charge on any atom is 0.490 e. The summed E-state index contributed by atoms with van der Waals surface area (Å²) in [7, 11) is 1.99. The summed E-state index contributed by atoms with van der Waals surface area (Å²) in [5.74, 6) is -5.51. The zero-order valence-electron chi connectivity index (χ0n) is 19.8. The Labute approximate surface area is 212 Å². The van der Waals surface area contributed by atoms with Gasteiger partial charge in [0.05, 0.1) is 12.7 Å². The fourth-order valence-corrected chi connectivity index (χ4v) is 4.75. The number of thiazole rings is 1. The molecule has 0 unspecified atom stereocenters. The Morgan fingerprint density at radius 2 is 1.49 bits per heavy atom. The molecule has 2 N–H and O–H groups in total. The van der Waals surface area contributed by atoms with E-state index in [0.717, 1.165) is 13.1 Å². The molecule has 4 heterocycles. The SMILES string of the molecule is Cn1cc(CN2CCC3(CCN(Cc4nccs4)CC3)C2)cn1.O=C(O)C(F)(F)F.O=C(O)C(F)(F)F. The second kappa shape index (κ2) is 12.7. The number of piperidine rings is 1. The lowest BCUT2D eigenvalue weighted by Gasteiger charge is -2.39. The van der Waals surface area contributed by atoms with Crippen molar-refractivity contribution in [1.29, 1.82) is 0 Å². The zero-order chi connectivity index (χ0) is 27.9. The van der Waals surface area contributed by atoms with Gasteiger partial charge in [0.1, 0.15) is 5.01 Å². The molecular formula is C21H27F6N5O4S. The quantitative estimate of drug-likeness (QED) is 0.547. The van der Waals surface area contributed by atoms with Gasteiger partial charge in [-0.05, 0) is 44.3 Å². The van der Waals surface area contributed by atoms with E-state index in [1.54, 1.807) is 11.3 Å². The third kappa shape index (κ3) is 10.3. The summed E-state index contributed by atoms with van der Waals surface area (Å²) in [4.78, 5) is 27.4. The van der Waals surface area contributed by atoms with Crippen molar-refractivity contribution in [2.24, 2.45) is 12.5 Å². The maximum atomic E-state index is 10.6. The lowest BCUT2D eigenvalue weighted by atomic mass is 9.78. The molecule has 1 spiro atoms. The molecule has 2 aromatic rings. The maximum absolute atomic E-state index is 10.6. The van der Waals surface area contributed by atoms with Crippen molar-refractivity contribution in [1.82, 2.24) is 24.6 Å². The molecule has 0 radical (unpaired) electrons. The van der Waals surface area contributed by atoms with E-state index in [1.165, 1.54) is 56.0 Å². The number of aryl methyl sites for hydroxylation is 1. The highest BCUT2D eigenvalue weighted by Gasteiger charge is 2.41. The van der Waals surface area contributed by atoms with E-state index in [4.69, 9.17) is 19.8 Å². The molecule has 16 heteroatoms. The summed E-state index contributed by atoms with van der Waals surface area (Å²) in [6.45, 7) is 7.03. The number of hydrogen-bond acceptors (Lipinski definition) is 7. The van der Waals surface area contributed by atoms with Gasteiger partial charge in [0.2, 0.25) is 0 Å². The van der Waals surface area contributed by atoms with Crippen LogP contribution in [0.4, 0.5) is 26.3 Å². The first-order valence-corrected chi connectivity index (χ1v) is 11.9. The van der Waals surface area contributed by atoms with Crippen molar-refractivity contribution in [3.63, 3.8) is 0 Å². The first-order chi connectivity index (χ1) is 17.1. The van der Waals surface area contributed by atoms with E-state index in [1.807, 2.05) is 24.1 Å². The van der Waals surface area contributed by atoms with Crippen molar-refractivity contribution >= 4 is 23.3 Å². The van der Waals surface area contributed by atoms with Gasteiger partial charge in [0.25, 0.3) is 0 Å². The fourth-order valence-electron chi connectivity index (χ4n) is 4.09. The van der Waals surface area contributed by atoms with Crippen LogP contribution in [0.2, 0.25) is 0 Å². The number of carbonyl (C=O) groups is 2. The number of aliphatic carboxylic acids is 2. The molecule has 2 aromatic heterocycles. The molecular weight excluding hydrogens is 532 g/mol. The summed E-state index contributed by atoms with van der Waals surface area (Å²) < 4.78 is 65.4. The zero-order valence-corrected chi connectivity index (χ0v) is 20.6. The molecule has 2 aliphatic rings. The average Bonchev–Trinajstić information content (AvgIpc) is 3.53. The topological polar surface area (TPSA) is 112 Å². The highest BCUT2D eigenvalue weighted by atomic mass is 32.1. The van der Waals surface area contributed by atoms with Crippen molar-refractivity contribution < 1.29 is 46.1 Å². The van der Waals surface area contributed by atoms with Gasteiger partial charge in [-0.1, -0.05) is 0 Å². The standard InChI is InChI=1S/C17H25N5S.2C2HF3O2/c1-20-11-15(10-19-20)12-22-8-4-17(14-22)2-6-21(7-3-17)13-16-18-5-9-23-16;2*3-2(4,5)1(6)7/h5,9-11H,2-4,6-8,12-14H2,1H3;2*(H,6,7). The van der Waals surface area contributed by atoms with E-state index in [-0.39, 0.29) is 0 Å². The number of alkyl halides is 6. The van der Waals surface area contributed by atoms with Crippen LogP contribution in [0.25, 0.3) is 0 Å². The first kappa shape index (κ1) is 30.5. The fraction of sp³-hybridized carbons (Fsp3) is 0.619. The minimum Gasteiger partial charge on any atom is -0.475 e. The van der Waals surface area contributed by atoms with Crippen LogP contribution in [0.1, 0.15) is 29.8 Å². The Hall–Kier alpha value is -2.72. The molecule has 2 aliphatic heterocycles. The summed E-state index contributed by atoms with van der Waals surface area (Å²) in [5, 5.41) is 21.9. The summed E-state index contributed by atoms with van der Waals surface area (Å²) in [6.07, 6.45) is -0.0792. The lowest BCUT2D eigenvalue weighted by molar-refractivity contribution is -0.193. The number of likely N-dealkylation sites (tertiary alicyclic amines) is 2. The molecule has 9 nitrogen and oxygen atoms in total. The monoisotopic (exact) mass is 559 g/mol. The predicted molar refractivity (Wildman–Crippen MR) is 120 cm³/mol. The van der Waals surface area contributed by atoms with Crippen LogP contribution in [0.3, 0.4) is 0 Å². The Bertz CT molecular complexity index is 980. The van der Waals surface area contributed by atoms with E-state index in [2.05, 4.69) is 31.5 Å². The van der Waals surface area contributed by atoms with Crippen LogP contribution in [0.5, 0.6) is 0 Å². The molecule has 0 aliphatic carbocycles. The number of hydrogen-bond donors (Lipinski definition) is 2. The van der Waals surface area contributed by atoms with Gasteiger partial charge < -0.3 is 10.2 Å². The van der Waals surface area contributed by atoms with Crippen LogP contribution in [-0.4, -0.2) is 85.2 Å². The molecule has 0 amide bonds. The Balaban J connectivity index is 0.000000286. The molecule has 0 atom stereocenters. The Morgan fingerprint density at radius 1 is 0.973 bits per heavy atom. The number of aromatic nitrogens is 3. The highest BCUT2D eigenvalue weighted by molar-refractivity contribution is 7.09. The minimum absolute atomic E-state index is 0.557. The van der Waals surface area contributed by atoms with E-state index < -0.39 is 24.3 Å². The molecule has 4 rings (SSSR count). The van der Waals surface area contributed by atoms with Crippen LogP contribution < -0.4 is 0 Å². The van der Waals surface area contributed by atoms with Crippen molar-refractivity contribution in [3.05, 3.63) is 34.5 Å². The van der Waals surface area contributed by atoms with Crippen LogP contribution in [-0.2, 0) is 29.7 Å². The number of halogens is 6. The van der Waals surface area contributed by atoms with Gasteiger partial charge in [-0.2, -0.15) is 31.4 Å². The Morgan fingerprint density at radius 3 is 1.89 bits per heavy atom.